The summed E-state index contributed by atoms with van der Waals surface area (Å²) in [5.74, 6) is -0.213. The molecule has 3 heteroatoms. The van der Waals surface area contributed by atoms with Gasteiger partial charge in [0, 0.05) is 6.92 Å². The molecule has 0 aromatic heterocycles. The minimum Gasteiger partial charge on any atom is -0.462 e. The van der Waals surface area contributed by atoms with Gasteiger partial charge >= 0.3 is 5.97 Å². The number of carbonyl (C=O) groups excluding carboxylic acids is 1. The predicted molar refractivity (Wildman–Crippen MR) is 63.1 cm³/mol. The first-order valence-corrected chi connectivity index (χ1v) is 6.14. The van der Waals surface area contributed by atoms with E-state index in [0.717, 1.165) is 6.42 Å². The summed E-state index contributed by atoms with van der Waals surface area (Å²) in [4.78, 5) is 10.4. The number of halogens is 1. The molecule has 13 heavy (non-hydrogen) atoms. The van der Waals surface area contributed by atoms with Gasteiger partial charge in [0.2, 0.25) is 0 Å². The number of esters is 1. The summed E-state index contributed by atoms with van der Waals surface area (Å²) < 4.78 is 5.99. The Bertz CT molecular complexity index is 155. The van der Waals surface area contributed by atoms with Crippen LogP contribution in [-0.4, -0.2) is 17.0 Å². The molecule has 0 rings (SSSR count). The average Bonchev–Trinajstić information content (AvgIpc) is 2.09. The van der Waals surface area contributed by atoms with Crippen LogP contribution < -0.4 is 0 Å². The van der Waals surface area contributed by atoms with Gasteiger partial charge in [-0.05, 0) is 23.7 Å². The Morgan fingerprint density at radius 3 is 2.69 bits per heavy atom. The molecule has 76 valence electrons. The van der Waals surface area contributed by atoms with Crippen molar-refractivity contribution in [3.8, 4) is 0 Å². The molecule has 0 spiro atoms. The Labute approximate surface area is 93.9 Å². The van der Waals surface area contributed by atoms with E-state index in [1.54, 1.807) is 0 Å². The van der Waals surface area contributed by atoms with Gasteiger partial charge in [0.25, 0.3) is 0 Å². The average molecular weight is 296 g/mol. The molecule has 0 saturated heterocycles. The molecule has 0 atom stereocenters. The highest BCUT2D eigenvalue weighted by molar-refractivity contribution is 14.1. The van der Waals surface area contributed by atoms with Crippen molar-refractivity contribution < 1.29 is 9.53 Å². The van der Waals surface area contributed by atoms with Crippen LogP contribution in [0.25, 0.3) is 0 Å². The molecular formula is C10H17IO2. The SMILES string of the molecule is CC(=O)OC/C=C/CCCCCI. The number of hydrogen-bond acceptors (Lipinski definition) is 2. The highest BCUT2D eigenvalue weighted by Crippen LogP contribution is 2.02. The van der Waals surface area contributed by atoms with E-state index in [9.17, 15) is 4.79 Å². The molecule has 0 heterocycles. The fraction of sp³-hybridized carbons (Fsp3) is 0.700. The summed E-state index contributed by atoms with van der Waals surface area (Å²) in [6.45, 7) is 1.84. The summed E-state index contributed by atoms with van der Waals surface area (Å²) in [6.07, 6.45) is 8.91. The lowest BCUT2D eigenvalue weighted by atomic mass is 10.2. The monoisotopic (exact) mass is 296 g/mol. The van der Waals surface area contributed by atoms with Gasteiger partial charge in [0.1, 0.15) is 6.61 Å². The maximum absolute atomic E-state index is 10.4. The second-order valence-electron chi connectivity index (χ2n) is 2.81. The van der Waals surface area contributed by atoms with Crippen molar-refractivity contribution in [2.24, 2.45) is 0 Å². The van der Waals surface area contributed by atoms with Crippen LogP contribution in [-0.2, 0) is 9.53 Å². The lowest BCUT2D eigenvalue weighted by molar-refractivity contribution is -0.139. The normalized spacial score (nSPS) is 10.6. The lowest BCUT2D eigenvalue weighted by Crippen LogP contribution is -1.97. The van der Waals surface area contributed by atoms with Gasteiger partial charge in [-0.2, -0.15) is 0 Å². The number of ether oxygens (including phenoxy) is 1. The van der Waals surface area contributed by atoms with Crippen molar-refractivity contribution in [3.05, 3.63) is 12.2 Å². The first kappa shape index (κ1) is 12.9. The fourth-order valence-corrected chi connectivity index (χ4v) is 1.42. The van der Waals surface area contributed by atoms with E-state index in [1.807, 2.05) is 6.08 Å². The molecule has 0 aliphatic rings. The smallest absolute Gasteiger partial charge is 0.302 e. The van der Waals surface area contributed by atoms with E-state index in [-0.39, 0.29) is 5.97 Å². The van der Waals surface area contributed by atoms with Gasteiger partial charge in [-0.1, -0.05) is 41.2 Å². The molecular weight excluding hydrogens is 279 g/mol. The lowest BCUT2D eigenvalue weighted by Gasteiger charge is -1.95. The van der Waals surface area contributed by atoms with Crippen molar-refractivity contribution in [1.82, 2.24) is 0 Å². The quantitative estimate of drug-likeness (QED) is 0.237. The first-order valence-electron chi connectivity index (χ1n) is 4.61. The van der Waals surface area contributed by atoms with Gasteiger partial charge in [-0.3, -0.25) is 4.79 Å². The number of hydrogen-bond donors (Lipinski definition) is 0. The third kappa shape index (κ3) is 11.9. The highest BCUT2D eigenvalue weighted by Gasteiger charge is 1.87. The summed E-state index contributed by atoms with van der Waals surface area (Å²) in [6, 6.07) is 0. The van der Waals surface area contributed by atoms with E-state index < -0.39 is 0 Å². The molecule has 0 aromatic rings. The summed E-state index contributed by atoms with van der Waals surface area (Å²) in [7, 11) is 0. The fourth-order valence-electron chi connectivity index (χ4n) is 0.885. The van der Waals surface area contributed by atoms with Gasteiger partial charge in [-0.25, -0.2) is 0 Å². The van der Waals surface area contributed by atoms with Crippen molar-refractivity contribution in [1.29, 1.82) is 0 Å². The number of allylic oxidation sites excluding steroid dienone is 1. The molecule has 0 N–H and O–H groups in total. The van der Waals surface area contributed by atoms with Crippen LogP contribution >= 0.6 is 22.6 Å². The minimum atomic E-state index is -0.213. The van der Waals surface area contributed by atoms with E-state index in [0.29, 0.717) is 6.61 Å². The Morgan fingerprint density at radius 2 is 2.08 bits per heavy atom. The Balaban J connectivity index is 3.08. The summed E-state index contributed by atoms with van der Waals surface area (Å²) in [5, 5.41) is 0. The van der Waals surface area contributed by atoms with Crippen molar-refractivity contribution in [2.45, 2.75) is 32.6 Å². The van der Waals surface area contributed by atoms with E-state index in [1.165, 1.54) is 30.6 Å². The van der Waals surface area contributed by atoms with Gasteiger partial charge < -0.3 is 4.74 Å². The van der Waals surface area contributed by atoms with E-state index in [2.05, 4.69) is 28.7 Å². The maximum Gasteiger partial charge on any atom is 0.302 e. The largest absolute Gasteiger partial charge is 0.462 e. The molecule has 0 fully saturated rings. The van der Waals surface area contributed by atoms with Crippen molar-refractivity contribution in [3.63, 3.8) is 0 Å². The zero-order chi connectivity index (χ0) is 9.94. The zero-order valence-electron chi connectivity index (χ0n) is 8.09. The third-order valence-electron chi connectivity index (χ3n) is 1.55. The topological polar surface area (TPSA) is 26.3 Å². The van der Waals surface area contributed by atoms with Crippen LogP contribution in [0.1, 0.15) is 32.6 Å². The van der Waals surface area contributed by atoms with Crippen LogP contribution in [0.4, 0.5) is 0 Å². The Kier molecular flexibility index (Phi) is 9.98. The summed E-state index contributed by atoms with van der Waals surface area (Å²) in [5.41, 5.74) is 0. The van der Waals surface area contributed by atoms with Crippen LogP contribution in [0.5, 0.6) is 0 Å². The predicted octanol–water partition coefficient (Wildman–Crippen LogP) is 3.10. The Hall–Kier alpha value is -0.0600. The zero-order valence-corrected chi connectivity index (χ0v) is 10.2. The van der Waals surface area contributed by atoms with Crippen LogP contribution in [0.3, 0.4) is 0 Å². The molecule has 0 saturated carbocycles. The molecule has 2 nitrogen and oxygen atoms in total. The van der Waals surface area contributed by atoms with E-state index in [4.69, 9.17) is 4.74 Å². The van der Waals surface area contributed by atoms with Crippen LogP contribution in [0.2, 0.25) is 0 Å². The second-order valence-corrected chi connectivity index (χ2v) is 3.89. The number of rotatable bonds is 7. The Morgan fingerprint density at radius 1 is 1.31 bits per heavy atom. The highest BCUT2D eigenvalue weighted by atomic mass is 127. The second kappa shape index (κ2) is 10.0. The minimum absolute atomic E-state index is 0.213. The van der Waals surface area contributed by atoms with E-state index >= 15 is 0 Å². The summed E-state index contributed by atoms with van der Waals surface area (Å²) >= 11 is 2.39. The van der Waals surface area contributed by atoms with Gasteiger partial charge in [0.15, 0.2) is 0 Å². The number of alkyl halides is 1. The molecule has 0 bridgehead atoms. The van der Waals surface area contributed by atoms with Gasteiger partial charge in [0.05, 0.1) is 0 Å². The van der Waals surface area contributed by atoms with Crippen LogP contribution in [0.15, 0.2) is 12.2 Å². The number of unbranched alkanes of at least 4 members (excludes halogenated alkanes) is 3. The van der Waals surface area contributed by atoms with Crippen molar-refractivity contribution in [2.75, 3.05) is 11.0 Å². The maximum atomic E-state index is 10.4. The third-order valence-corrected chi connectivity index (χ3v) is 2.32. The standard InChI is InChI=1S/C10H17IO2/c1-10(12)13-9-7-5-3-2-4-6-8-11/h5,7H,2-4,6,8-9H2,1H3/b7-5+. The first-order chi connectivity index (χ1) is 6.27. The molecule has 0 aromatic carbocycles. The molecule has 0 radical (unpaired) electrons. The van der Waals surface area contributed by atoms with Gasteiger partial charge in [-0.15, -0.1) is 0 Å². The number of carbonyl (C=O) groups is 1. The van der Waals surface area contributed by atoms with Crippen molar-refractivity contribution >= 4 is 28.6 Å². The molecule has 0 aliphatic heterocycles. The van der Waals surface area contributed by atoms with Crippen LogP contribution in [0, 0.1) is 0 Å². The molecule has 0 unspecified atom stereocenters. The molecule has 0 amide bonds. The molecule has 0 aliphatic carbocycles.